The molecule has 2 saturated heterocycles. The number of urea groups is 1. The zero-order valence-corrected chi connectivity index (χ0v) is 17.3. The van der Waals surface area contributed by atoms with Gasteiger partial charge in [0.05, 0.1) is 6.26 Å². The monoisotopic (exact) mass is 416 g/mol. The third-order valence-electron chi connectivity index (χ3n) is 6.73. The Labute approximate surface area is 175 Å². The second-order valence-electron chi connectivity index (χ2n) is 8.41. The highest BCUT2D eigenvalue weighted by molar-refractivity contribution is 6.09. The van der Waals surface area contributed by atoms with Crippen LogP contribution in [0, 0.1) is 5.92 Å². The molecule has 2 aliphatic heterocycles. The topological polar surface area (TPSA) is 103 Å². The minimum atomic E-state index is -0.836. The average molecular weight is 416 g/mol. The van der Waals surface area contributed by atoms with Crippen LogP contribution >= 0.6 is 0 Å². The summed E-state index contributed by atoms with van der Waals surface area (Å²) in [6.45, 7) is 3.37. The molecule has 162 valence electrons. The molecule has 0 atom stereocenters. The first kappa shape index (κ1) is 20.4. The van der Waals surface area contributed by atoms with Crippen LogP contribution in [0.25, 0.3) is 0 Å². The number of rotatable bonds is 4. The molecule has 9 nitrogen and oxygen atoms in total. The van der Waals surface area contributed by atoms with Gasteiger partial charge in [-0.3, -0.25) is 19.3 Å². The van der Waals surface area contributed by atoms with Gasteiger partial charge in [-0.2, -0.15) is 0 Å². The van der Waals surface area contributed by atoms with E-state index in [1.54, 1.807) is 21.9 Å². The number of imide groups is 1. The van der Waals surface area contributed by atoms with E-state index in [-0.39, 0.29) is 30.0 Å². The van der Waals surface area contributed by atoms with Gasteiger partial charge in [0.2, 0.25) is 5.91 Å². The normalized spacial score (nSPS) is 27.0. The van der Waals surface area contributed by atoms with Gasteiger partial charge in [0.25, 0.3) is 11.8 Å². The van der Waals surface area contributed by atoms with Crippen LogP contribution in [-0.2, 0) is 9.59 Å². The van der Waals surface area contributed by atoms with Gasteiger partial charge in [0, 0.05) is 26.2 Å². The minimum absolute atomic E-state index is 0.203. The second-order valence-corrected chi connectivity index (χ2v) is 8.41. The van der Waals surface area contributed by atoms with Crippen LogP contribution in [-0.4, -0.2) is 76.7 Å². The lowest BCUT2D eigenvalue weighted by atomic mass is 9.75. The van der Waals surface area contributed by atoms with Crippen molar-refractivity contribution in [3.63, 3.8) is 0 Å². The molecule has 4 rings (SSSR count). The number of piperazine rings is 1. The van der Waals surface area contributed by atoms with Crippen LogP contribution in [0.1, 0.15) is 49.6 Å². The lowest BCUT2D eigenvalue weighted by Gasteiger charge is -2.35. The number of hydrogen-bond donors (Lipinski definition) is 1. The van der Waals surface area contributed by atoms with Crippen LogP contribution in [0.4, 0.5) is 4.79 Å². The van der Waals surface area contributed by atoms with Gasteiger partial charge in [0.15, 0.2) is 5.76 Å². The first-order valence-electron chi connectivity index (χ1n) is 10.7. The quantitative estimate of drug-likeness (QED) is 0.749. The summed E-state index contributed by atoms with van der Waals surface area (Å²) in [7, 11) is 0. The molecule has 0 bridgehead atoms. The Kier molecular flexibility index (Phi) is 5.53. The third-order valence-corrected chi connectivity index (χ3v) is 6.73. The standard InChI is InChI=1S/C21H28N4O5/c1-2-15-5-7-21(8-6-15)19(28)25(20(29)22-21)14-17(26)23-9-11-24(12-10-23)18(27)16-4-3-13-30-16/h3-4,13,15H,2,5-12,14H2,1H3,(H,22,29). The molecule has 0 aromatic carbocycles. The molecule has 1 aromatic rings. The predicted octanol–water partition coefficient (Wildman–Crippen LogP) is 1.45. The lowest BCUT2D eigenvalue weighted by molar-refractivity contribution is -0.140. The summed E-state index contributed by atoms with van der Waals surface area (Å²) in [5.41, 5.74) is -0.836. The highest BCUT2D eigenvalue weighted by Crippen LogP contribution is 2.37. The highest BCUT2D eigenvalue weighted by atomic mass is 16.3. The average Bonchev–Trinajstić information content (AvgIpc) is 3.38. The van der Waals surface area contributed by atoms with Crippen molar-refractivity contribution in [3.8, 4) is 0 Å². The van der Waals surface area contributed by atoms with Crippen molar-refractivity contribution < 1.29 is 23.6 Å². The van der Waals surface area contributed by atoms with E-state index in [0.717, 1.165) is 24.2 Å². The molecule has 3 fully saturated rings. The van der Waals surface area contributed by atoms with Gasteiger partial charge in [-0.05, 0) is 43.7 Å². The number of nitrogens with zero attached hydrogens (tertiary/aromatic N) is 3. The Morgan fingerprint density at radius 3 is 2.40 bits per heavy atom. The van der Waals surface area contributed by atoms with E-state index in [1.807, 2.05) is 0 Å². The molecule has 1 aromatic heterocycles. The number of carbonyl (C=O) groups is 4. The van der Waals surface area contributed by atoms with Crippen molar-refractivity contribution in [2.24, 2.45) is 5.92 Å². The van der Waals surface area contributed by atoms with E-state index in [1.165, 1.54) is 6.26 Å². The summed E-state index contributed by atoms with van der Waals surface area (Å²) in [4.78, 5) is 54.8. The first-order chi connectivity index (χ1) is 14.4. The molecule has 1 N–H and O–H groups in total. The number of nitrogens with one attached hydrogen (secondary N) is 1. The Bertz CT molecular complexity index is 820. The van der Waals surface area contributed by atoms with Gasteiger partial charge in [-0.1, -0.05) is 13.3 Å². The zero-order valence-electron chi connectivity index (χ0n) is 17.3. The SMILES string of the molecule is CCC1CCC2(CC1)NC(=O)N(CC(=O)N1CCN(C(=O)c3ccco3)CC1)C2=O. The fraction of sp³-hybridized carbons (Fsp3) is 0.619. The van der Waals surface area contributed by atoms with Crippen LogP contribution in [0.3, 0.4) is 0 Å². The Hall–Kier alpha value is -2.84. The molecule has 5 amide bonds. The van der Waals surface area contributed by atoms with Gasteiger partial charge in [-0.15, -0.1) is 0 Å². The molecule has 1 saturated carbocycles. The Balaban J connectivity index is 1.32. The van der Waals surface area contributed by atoms with Gasteiger partial charge in [0.1, 0.15) is 12.1 Å². The molecule has 0 unspecified atom stereocenters. The van der Waals surface area contributed by atoms with E-state index in [2.05, 4.69) is 12.2 Å². The summed E-state index contributed by atoms with van der Waals surface area (Å²) in [6.07, 6.45) is 5.62. The van der Waals surface area contributed by atoms with Crippen LogP contribution < -0.4 is 5.32 Å². The van der Waals surface area contributed by atoms with Crippen molar-refractivity contribution in [2.45, 2.75) is 44.6 Å². The Morgan fingerprint density at radius 2 is 1.80 bits per heavy atom. The molecule has 3 heterocycles. The van der Waals surface area contributed by atoms with Crippen molar-refractivity contribution in [2.75, 3.05) is 32.7 Å². The summed E-state index contributed by atoms with van der Waals surface area (Å²) < 4.78 is 5.14. The molecule has 3 aliphatic rings. The van der Waals surface area contributed by atoms with Crippen LogP contribution in [0.15, 0.2) is 22.8 Å². The molecule has 9 heteroatoms. The first-order valence-corrected chi connectivity index (χ1v) is 10.7. The zero-order chi connectivity index (χ0) is 21.3. The van der Waals surface area contributed by atoms with E-state index in [9.17, 15) is 19.2 Å². The molecular weight excluding hydrogens is 388 g/mol. The lowest BCUT2D eigenvalue weighted by Crippen LogP contribution is -2.53. The molecule has 30 heavy (non-hydrogen) atoms. The maximum absolute atomic E-state index is 13.0. The smallest absolute Gasteiger partial charge is 0.325 e. The van der Waals surface area contributed by atoms with Gasteiger partial charge < -0.3 is 19.5 Å². The highest BCUT2D eigenvalue weighted by Gasteiger charge is 2.52. The predicted molar refractivity (Wildman–Crippen MR) is 106 cm³/mol. The molecular formula is C21H28N4O5. The van der Waals surface area contributed by atoms with E-state index >= 15 is 0 Å². The number of amides is 5. The summed E-state index contributed by atoms with van der Waals surface area (Å²) >= 11 is 0. The number of hydrogen-bond acceptors (Lipinski definition) is 5. The molecule has 0 radical (unpaired) electrons. The van der Waals surface area contributed by atoms with Gasteiger partial charge in [-0.25, -0.2) is 4.79 Å². The van der Waals surface area contributed by atoms with Crippen molar-refractivity contribution in [1.82, 2.24) is 20.0 Å². The third kappa shape index (κ3) is 3.68. The van der Waals surface area contributed by atoms with E-state index in [0.29, 0.717) is 44.9 Å². The summed E-state index contributed by atoms with van der Waals surface area (Å²) in [5, 5.41) is 2.86. The Morgan fingerprint density at radius 1 is 1.13 bits per heavy atom. The van der Waals surface area contributed by atoms with E-state index in [4.69, 9.17) is 4.42 Å². The summed E-state index contributed by atoms with van der Waals surface area (Å²) in [6, 6.07) is 2.79. The largest absolute Gasteiger partial charge is 0.459 e. The fourth-order valence-electron chi connectivity index (χ4n) is 4.69. The second kappa shape index (κ2) is 8.12. The number of carbonyl (C=O) groups excluding carboxylic acids is 4. The molecule has 1 aliphatic carbocycles. The fourth-order valence-corrected chi connectivity index (χ4v) is 4.69. The van der Waals surface area contributed by atoms with E-state index < -0.39 is 11.6 Å². The summed E-state index contributed by atoms with van der Waals surface area (Å²) in [5.74, 6) is 0.115. The van der Waals surface area contributed by atoms with Crippen molar-refractivity contribution in [1.29, 1.82) is 0 Å². The molecule has 1 spiro atoms. The van der Waals surface area contributed by atoms with Crippen molar-refractivity contribution >= 4 is 23.8 Å². The van der Waals surface area contributed by atoms with Gasteiger partial charge >= 0.3 is 6.03 Å². The number of furan rings is 1. The maximum Gasteiger partial charge on any atom is 0.325 e. The van der Waals surface area contributed by atoms with Crippen LogP contribution in [0.2, 0.25) is 0 Å². The van der Waals surface area contributed by atoms with Crippen LogP contribution in [0.5, 0.6) is 0 Å². The van der Waals surface area contributed by atoms with Crippen molar-refractivity contribution in [3.05, 3.63) is 24.2 Å². The minimum Gasteiger partial charge on any atom is -0.459 e. The maximum atomic E-state index is 13.0.